The fourth-order valence-electron chi connectivity index (χ4n) is 4.20. The predicted molar refractivity (Wildman–Crippen MR) is 136 cm³/mol. The molecule has 4 atom stereocenters. The van der Waals surface area contributed by atoms with Gasteiger partial charge in [0.1, 0.15) is 0 Å². The summed E-state index contributed by atoms with van der Waals surface area (Å²) < 4.78 is 27.3. The van der Waals surface area contributed by atoms with E-state index < -0.39 is 33.3 Å². The van der Waals surface area contributed by atoms with Gasteiger partial charge in [0.2, 0.25) is 15.7 Å². The Morgan fingerprint density at radius 1 is 1.14 bits per heavy atom. The van der Waals surface area contributed by atoms with Crippen LogP contribution in [0.15, 0.2) is 71.9 Å². The topological polar surface area (TPSA) is 138 Å². The standard InChI is InChI=1S/C26H30N4O4S/c1-3-16(2)23(27)25(31)30-21(14-18-15-29-20-11-5-4-10-19(18)20)26(32)35(33,34)22-12-6-8-17-9-7-13-28-24(17)22/h4-13,15-16,21,23,26,29,32H,3,14,27H2,1-2H3,(H,30,31)/t16-,21-,23-,26?/m0/s1. The Morgan fingerprint density at radius 2 is 1.89 bits per heavy atom. The molecular formula is C26H30N4O4S. The molecule has 1 unspecified atom stereocenters. The smallest absolute Gasteiger partial charge is 0.237 e. The van der Waals surface area contributed by atoms with E-state index in [-0.39, 0.29) is 22.8 Å². The Morgan fingerprint density at radius 3 is 2.66 bits per heavy atom. The van der Waals surface area contributed by atoms with Gasteiger partial charge < -0.3 is 21.1 Å². The average Bonchev–Trinajstić information content (AvgIpc) is 3.29. The van der Waals surface area contributed by atoms with Crippen molar-refractivity contribution < 1.29 is 18.3 Å². The number of aromatic amines is 1. The highest BCUT2D eigenvalue weighted by atomic mass is 32.2. The molecule has 8 nitrogen and oxygen atoms in total. The maximum atomic E-state index is 13.6. The predicted octanol–water partition coefficient (Wildman–Crippen LogP) is 2.91. The molecule has 2 aromatic heterocycles. The molecule has 0 spiro atoms. The molecule has 0 aliphatic heterocycles. The molecule has 0 fully saturated rings. The Balaban J connectivity index is 1.73. The molecule has 0 saturated heterocycles. The normalized spacial score (nSPS) is 15.5. The fraction of sp³-hybridized carbons (Fsp3) is 0.308. The summed E-state index contributed by atoms with van der Waals surface area (Å²) in [5.74, 6) is -0.616. The van der Waals surface area contributed by atoms with Crippen LogP contribution in [0.3, 0.4) is 0 Å². The van der Waals surface area contributed by atoms with E-state index in [1.807, 2.05) is 38.1 Å². The lowest BCUT2D eigenvalue weighted by Gasteiger charge is -2.27. The van der Waals surface area contributed by atoms with Crippen LogP contribution < -0.4 is 11.1 Å². The average molecular weight is 495 g/mol. The van der Waals surface area contributed by atoms with E-state index in [9.17, 15) is 18.3 Å². The fourth-order valence-corrected chi connectivity index (χ4v) is 5.77. The highest BCUT2D eigenvalue weighted by Gasteiger charge is 2.37. The van der Waals surface area contributed by atoms with Gasteiger partial charge >= 0.3 is 0 Å². The van der Waals surface area contributed by atoms with Crippen LogP contribution in [-0.4, -0.2) is 46.9 Å². The highest BCUT2D eigenvalue weighted by Crippen LogP contribution is 2.27. The number of H-pyrrole nitrogens is 1. The third-order valence-corrected chi connectivity index (χ3v) is 8.47. The summed E-state index contributed by atoms with van der Waals surface area (Å²) in [5.41, 5.74) is 6.11. The number of aromatic nitrogens is 2. The van der Waals surface area contributed by atoms with Crippen molar-refractivity contribution in [1.29, 1.82) is 0 Å². The first-order chi connectivity index (χ1) is 16.7. The molecule has 0 radical (unpaired) electrons. The molecule has 0 aliphatic carbocycles. The van der Waals surface area contributed by atoms with Gasteiger partial charge in [0, 0.05) is 28.7 Å². The van der Waals surface area contributed by atoms with Gasteiger partial charge in [-0.15, -0.1) is 0 Å². The van der Waals surface area contributed by atoms with Crippen molar-refractivity contribution in [3.63, 3.8) is 0 Å². The number of fused-ring (bicyclic) bond motifs is 2. The van der Waals surface area contributed by atoms with Gasteiger partial charge in [0.25, 0.3) is 0 Å². The van der Waals surface area contributed by atoms with Crippen LogP contribution in [0.2, 0.25) is 0 Å². The van der Waals surface area contributed by atoms with Crippen molar-refractivity contribution in [3.8, 4) is 0 Å². The lowest BCUT2D eigenvalue weighted by atomic mass is 9.98. The summed E-state index contributed by atoms with van der Waals surface area (Å²) in [7, 11) is -4.29. The second kappa shape index (κ2) is 10.2. The molecule has 0 aliphatic rings. The zero-order valence-corrected chi connectivity index (χ0v) is 20.5. The molecule has 0 bridgehead atoms. The van der Waals surface area contributed by atoms with E-state index in [0.29, 0.717) is 11.8 Å². The van der Waals surface area contributed by atoms with Crippen molar-refractivity contribution >= 4 is 37.6 Å². The Bertz CT molecular complexity index is 1440. The monoisotopic (exact) mass is 494 g/mol. The Hall–Kier alpha value is -3.27. The van der Waals surface area contributed by atoms with E-state index in [0.717, 1.165) is 16.5 Å². The van der Waals surface area contributed by atoms with Crippen molar-refractivity contribution in [3.05, 3.63) is 72.6 Å². The molecule has 1 amide bonds. The van der Waals surface area contributed by atoms with Crippen LogP contribution in [0.25, 0.3) is 21.8 Å². The molecule has 2 aromatic carbocycles. The lowest BCUT2D eigenvalue weighted by molar-refractivity contribution is -0.124. The minimum Gasteiger partial charge on any atom is -0.375 e. The number of carbonyl (C=O) groups excluding carboxylic acids is 1. The summed E-state index contributed by atoms with van der Waals surface area (Å²) in [6, 6.07) is 13.8. The zero-order chi connectivity index (χ0) is 25.2. The van der Waals surface area contributed by atoms with Gasteiger partial charge in [-0.3, -0.25) is 9.78 Å². The summed E-state index contributed by atoms with van der Waals surface area (Å²) in [4.78, 5) is 20.3. The summed E-state index contributed by atoms with van der Waals surface area (Å²) >= 11 is 0. The number of hydrogen-bond donors (Lipinski definition) is 4. The molecule has 35 heavy (non-hydrogen) atoms. The maximum Gasteiger partial charge on any atom is 0.237 e. The van der Waals surface area contributed by atoms with Crippen molar-refractivity contribution in [2.24, 2.45) is 11.7 Å². The van der Waals surface area contributed by atoms with Crippen molar-refractivity contribution in [1.82, 2.24) is 15.3 Å². The SMILES string of the molecule is CC[C@H](C)[C@H](N)C(=O)N[C@@H](Cc1c[nH]c2ccccc12)C(O)S(=O)(=O)c1cccc2cccnc12. The number of hydrogen-bond acceptors (Lipinski definition) is 6. The van der Waals surface area contributed by atoms with Crippen molar-refractivity contribution in [2.45, 2.75) is 49.1 Å². The number of nitrogens with zero attached hydrogens (tertiary/aromatic N) is 1. The first kappa shape index (κ1) is 24.8. The number of benzene rings is 2. The van der Waals surface area contributed by atoms with Gasteiger partial charge in [-0.2, -0.15) is 0 Å². The Labute approximate surface area is 204 Å². The van der Waals surface area contributed by atoms with E-state index in [1.54, 1.807) is 30.5 Å². The van der Waals surface area contributed by atoms with Crippen LogP contribution in [0.5, 0.6) is 0 Å². The minimum atomic E-state index is -4.29. The van der Waals surface area contributed by atoms with Crippen molar-refractivity contribution in [2.75, 3.05) is 0 Å². The number of pyridine rings is 1. The first-order valence-electron chi connectivity index (χ1n) is 11.6. The van der Waals surface area contributed by atoms with Crippen LogP contribution in [-0.2, 0) is 21.1 Å². The van der Waals surface area contributed by atoms with Gasteiger partial charge in [0.15, 0.2) is 5.44 Å². The van der Waals surface area contributed by atoms with Gasteiger partial charge in [-0.25, -0.2) is 8.42 Å². The molecule has 2 heterocycles. The molecule has 4 aromatic rings. The van der Waals surface area contributed by atoms with Gasteiger partial charge in [0.05, 0.1) is 22.5 Å². The second-order valence-corrected chi connectivity index (χ2v) is 10.9. The molecule has 9 heteroatoms. The number of aliphatic hydroxyl groups is 1. The number of aliphatic hydroxyl groups excluding tert-OH is 1. The van der Waals surface area contributed by atoms with Crippen LogP contribution in [0, 0.1) is 5.92 Å². The number of carbonyl (C=O) groups is 1. The summed E-state index contributed by atoms with van der Waals surface area (Å²) in [6.07, 6.45) is 4.03. The second-order valence-electron chi connectivity index (χ2n) is 8.86. The van der Waals surface area contributed by atoms with Gasteiger partial charge in [-0.1, -0.05) is 56.7 Å². The van der Waals surface area contributed by atoms with E-state index in [1.165, 1.54) is 12.3 Å². The molecule has 0 saturated carbocycles. The quantitative estimate of drug-likeness (QED) is 0.282. The molecule has 5 N–H and O–H groups in total. The number of rotatable bonds is 9. The summed E-state index contributed by atoms with van der Waals surface area (Å²) in [6.45, 7) is 3.78. The minimum absolute atomic E-state index is 0.0849. The number of nitrogens with two attached hydrogens (primary N) is 1. The van der Waals surface area contributed by atoms with Crippen LogP contribution in [0.4, 0.5) is 0 Å². The summed E-state index contributed by atoms with van der Waals surface area (Å²) in [5, 5.41) is 15.5. The molecular weight excluding hydrogens is 464 g/mol. The van der Waals surface area contributed by atoms with E-state index >= 15 is 0 Å². The molecule has 184 valence electrons. The van der Waals surface area contributed by atoms with Gasteiger partial charge in [-0.05, 0) is 36.1 Å². The number of sulfone groups is 1. The first-order valence-corrected chi connectivity index (χ1v) is 13.1. The zero-order valence-electron chi connectivity index (χ0n) is 19.7. The van der Waals surface area contributed by atoms with Crippen LogP contribution in [0.1, 0.15) is 25.8 Å². The number of amides is 1. The number of para-hydroxylation sites is 2. The van der Waals surface area contributed by atoms with E-state index in [4.69, 9.17) is 5.73 Å². The largest absolute Gasteiger partial charge is 0.375 e. The lowest BCUT2D eigenvalue weighted by Crippen LogP contribution is -2.54. The highest BCUT2D eigenvalue weighted by molar-refractivity contribution is 7.92. The van der Waals surface area contributed by atoms with E-state index in [2.05, 4.69) is 15.3 Å². The number of nitrogens with one attached hydrogen (secondary N) is 2. The maximum absolute atomic E-state index is 13.6. The molecule has 4 rings (SSSR count). The Kier molecular flexibility index (Phi) is 7.20. The van der Waals surface area contributed by atoms with Crippen LogP contribution >= 0.6 is 0 Å². The third kappa shape index (κ3) is 4.93. The third-order valence-electron chi connectivity index (χ3n) is 6.57.